The van der Waals surface area contributed by atoms with Gasteiger partial charge in [-0.15, -0.1) is 11.3 Å². The highest BCUT2D eigenvalue weighted by molar-refractivity contribution is 7.15. The highest BCUT2D eigenvalue weighted by Gasteiger charge is 2.11. The molecule has 24 heavy (non-hydrogen) atoms. The van der Waals surface area contributed by atoms with Gasteiger partial charge in [-0.05, 0) is 5.56 Å². The number of thiazole rings is 1. The van der Waals surface area contributed by atoms with Gasteiger partial charge in [0.1, 0.15) is 5.69 Å². The van der Waals surface area contributed by atoms with Gasteiger partial charge in [0, 0.05) is 36.1 Å². The van der Waals surface area contributed by atoms with Gasteiger partial charge in [0.2, 0.25) is 0 Å². The van der Waals surface area contributed by atoms with Crippen LogP contribution in [0, 0.1) is 0 Å². The van der Waals surface area contributed by atoms with Crippen LogP contribution in [0.1, 0.15) is 21.6 Å². The van der Waals surface area contributed by atoms with E-state index in [0.29, 0.717) is 18.8 Å². The molecule has 1 aromatic carbocycles. The Bertz CT molecular complexity index is 941. The fourth-order valence-corrected chi connectivity index (χ4v) is 3.16. The van der Waals surface area contributed by atoms with Crippen LogP contribution < -0.4 is 5.32 Å². The summed E-state index contributed by atoms with van der Waals surface area (Å²) in [6.45, 7) is 1.14. The molecule has 0 aliphatic heterocycles. The molecule has 0 aliphatic rings. The predicted octanol–water partition coefficient (Wildman–Crippen LogP) is 2.57. The van der Waals surface area contributed by atoms with Gasteiger partial charge in [-0.3, -0.25) is 13.9 Å². The van der Waals surface area contributed by atoms with E-state index < -0.39 is 0 Å². The van der Waals surface area contributed by atoms with Crippen LogP contribution in [-0.2, 0) is 13.1 Å². The zero-order chi connectivity index (χ0) is 16.4. The van der Waals surface area contributed by atoms with E-state index in [2.05, 4.69) is 27.5 Å². The Labute approximate surface area is 142 Å². The average molecular weight is 337 g/mol. The number of rotatable bonds is 5. The van der Waals surface area contributed by atoms with Crippen LogP contribution >= 0.6 is 11.3 Å². The van der Waals surface area contributed by atoms with E-state index in [9.17, 15) is 4.79 Å². The maximum Gasteiger partial charge on any atom is 0.271 e. The highest BCUT2D eigenvalue weighted by Crippen LogP contribution is 2.11. The van der Waals surface area contributed by atoms with Crippen LogP contribution in [-0.4, -0.2) is 25.1 Å². The number of nitrogens with one attached hydrogen (secondary N) is 1. The quantitative estimate of drug-likeness (QED) is 0.609. The van der Waals surface area contributed by atoms with Crippen molar-refractivity contribution in [3.8, 4) is 0 Å². The van der Waals surface area contributed by atoms with Crippen LogP contribution in [0.4, 0.5) is 0 Å². The first kappa shape index (κ1) is 14.6. The Balaban J connectivity index is 1.37. The van der Waals surface area contributed by atoms with E-state index in [0.717, 1.165) is 10.5 Å². The third-order valence-corrected chi connectivity index (χ3v) is 4.42. The number of hydrogen-bond donors (Lipinski definition) is 1. The van der Waals surface area contributed by atoms with Crippen molar-refractivity contribution in [1.29, 1.82) is 0 Å². The minimum absolute atomic E-state index is 0.179. The molecule has 1 N–H and O–H groups in total. The zero-order valence-corrected chi connectivity index (χ0v) is 13.6. The van der Waals surface area contributed by atoms with Gasteiger partial charge < -0.3 is 5.32 Å². The third kappa shape index (κ3) is 3.07. The molecule has 3 heterocycles. The molecule has 0 unspecified atom stereocenters. The third-order valence-electron chi connectivity index (χ3n) is 3.65. The van der Waals surface area contributed by atoms with Crippen molar-refractivity contribution in [2.24, 2.45) is 0 Å². The number of hydrogen-bond acceptors (Lipinski definition) is 4. The fraction of sp³-hybridized carbons (Fsp3) is 0.118. The molecule has 120 valence electrons. The van der Waals surface area contributed by atoms with Crippen LogP contribution in [0.15, 0.2) is 60.5 Å². The van der Waals surface area contributed by atoms with Crippen molar-refractivity contribution in [1.82, 2.24) is 24.5 Å². The highest BCUT2D eigenvalue weighted by atomic mass is 32.1. The molecule has 0 aliphatic carbocycles. The summed E-state index contributed by atoms with van der Waals surface area (Å²) in [5.41, 5.74) is 2.58. The number of aromatic nitrogens is 4. The van der Waals surface area contributed by atoms with E-state index in [1.54, 1.807) is 12.4 Å². The molecule has 1 amide bonds. The maximum absolute atomic E-state index is 12.2. The van der Waals surface area contributed by atoms with E-state index in [1.165, 1.54) is 16.9 Å². The number of fused-ring (bicyclic) bond motifs is 1. The molecule has 3 aromatic heterocycles. The van der Waals surface area contributed by atoms with Crippen molar-refractivity contribution in [3.05, 3.63) is 77.3 Å². The molecule has 0 radical (unpaired) electrons. The summed E-state index contributed by atoms with van der Waals surface area (Å²) in [5.74, 6) is -0.179. The van der Waals surface area contributed by atoms with Gasteiger partial charge >= 0.3 is 0 Å². The van der Waals surface area contributed by atoms with Crippen LogP contribution in [0.3, 0.4) is 0 Å². The Morgan fingerprint density at radius 2 is 2.04 bits per heavy atom. The monoisotopic (exact) mass is 337 g/mol. The number of benzene rings is 1. The van der Waals surface area contributed by atoms with Crippen molar-refractivity contribution in [3.63, 3.8) is 0 Å². The summed E-state index contributed by atoms with van der Waals surface area (Å²) in [7, 11) is 0. The first-order valence-electron chi connectivity index (χ1n) is 7.53. The van der Waals surface area contributed by atoms with Crippen molar-refractivity contribution in [2.75, 3.05) is 0 Å². The largest absolute Gasteiger partial charge is 0.346 e. The molecular weight excluding hydrogens is 322 g/mol. The molecule has 0 spiro atoms. The van der Waals surface area contributed by atoms with Crippen LogP contribution in [0.5, 0.6) is 0 Å². The molecule has 0 saturated heterocycles. The van der Waals surface area contributed by atoms with E-state index in [-0.39, 0.29) is 5.91 Å². The number of carbonyl (C=O) groups is 1. The first-order valence-corrected chi connectivity index (χ1v) is 8.41. The second kappa shape index (κ2) is 6.29. The SMILES string of the molecule is O=C(NCc1cnn(Cc2ccccc2)c1)c1cn2ccsc2n1. The van der Waals surface area contributed by atoms with Crippen molar-refractivity contribution < 1.29 is 4.79 Å². The summed E-state index contributed by atoms with van der Waals surface area (Å²) in [6.07, 6.45) is 7.34. The van der Waals surface area contributed by atoms with Gasteiger partial charge in [0.25, 0.3) is 5.91 Å². The summed E-state index contributed by atoms with van der Waals surface area (Å²) in [5, 5.41) is 9.15. The Hall–Kier alpha value is -2.93. The molecule has 6 nitrogen and oxygen atoms in total. The molecule has 4 aromatic rings. The molecule has 0 fully saturated rings. The van der Waals surface area contributed by atoms with Gasteiger partial charge in [0.05, 0.1) is 12.7 Å². The molecule has 0 saturated carbocycles. The molecule has 7 heteroatoms. The lowest BCUT2D eigenvalue weighted by atomic mass is 10.2. The minimum Gasteiger partial charge on any atom is -0.346 e. The second-order valence-corrected chi connectivity index (χ2v) is 6.31. The summed E-state index contributed by atoms with van der Waals surface area (Å²) < 4.78 is 3.71. The summed E-state index contributed by atoms with van der Waals surface area (Å²) in [4.78, 5) is 17.3. The standard InChI is InChI=1S/C17H15N5OS/c23-16(15-12-21-6-7-24-17(21)20-15)18-8-14-9-19-22(11-14)10-13-4-2-1-3-5-13/h1-7,9,11-12H,8,10H2,(H,18,23). The van der Waals surface area contributed by atoms with Crippen LogP contribution in [0.25, 0.3) is 4.96 Å². The first-order chi connectivity index (χ1) is 11.8. The van der Waals surface area contributed by atoms with Crippen molar-refractivity contribution >= 4 is 22.2 Å². The van der Waals surface area contributed by atoms with E-state index in [1.807, 2.05) is 45.1 Å². The topological polar surface area (TPSA) is 64.2 Å². The zero-order valence-electron chi connectivity index (χ0n) is 12.8. The molecular formula is C17H15N5OS. The minimum atomic E-state index is -0.179. The predicted molar refractivity (Wildman–Crippen MR) is 92.0 cm³/mol. The Kier molecular flexibility index (Phi) is 3.84. The second-order valence-electron chi connectivity index (χ2n) is 5.43. The van der Waals surface area contributed by atoms with Gasteiger partial charge in [-0.25, -0.2) is 4.98 Å². The maximum atomic E-state index is 12.2. The average Bonchev–Trinajstić information content (AvgIpc) is 3.29. The molecule has 4 rings (SSSR count). The lowest BCUT2D eigenvalue weighted by molar-refractivity contribution is 0.0946. The lowest BCUT2D eigenvalue weighted by Gasteiger charge is -2.02. The number of carbonyl (C=O) groups excluding carboxylic acids is 1. The van der Waals surface area contributed by atoms with E-state index in [4.69, 9.17) is 0 Å². The van der Waals surface area contributed by atoms with Crippen LogP contribution in [0.2, 0.25) is 0 Å². The Morgan fingerprint density at radius 3 is 2.88 bits per heavy atom. The summed E-state index contributed by atoms with van der Waals surface area (Å²) >= 11 is 1.50. The fourth-order valence-electron chi connectivity index (χ4n) is 2.46. The smallest absolute Gasteiger partial charge is 0.271 e. The number of nitrogens with zero attached hydrogens (tertiary/aromatic N) is 4. The van der Waals surface area contributed by atoms with Crippen molar-refractivity contribution in [2.45, 2.75) is 13.1 Å². The molecule has 0 atom stereocenters. The normalized spacial score (nSPS) is 11.0. The van der Waals surface area contributed by atoms with E-state index >= 15 is 0 Å². The number of amides is 1. The van der Waals surface area contributed by atoms with Gasteiger partial charge in [0.15, 0.2) is 4.96 Å². The molecule has 0 bridgehead atoms. The number of imidazole rings is 1. The summed E-state index contributed by atoms with van der Waals surface area (Å²) in [6, 6.07) is 10.1. The Morgan fingerprint density at radius 1 is 1.17 bits per heavy atom. The van der Waals surface area contributed by atoms with Gasteiger partial charge in [-0.1, -0.05) is 30.3 Å². The van der Waals surface area contributed by atoms with Gasteiger partial charge in [-0.2, -0.15) is 5.10 Å². The lowest BCUT2D eigenvalue weighted by Crippen LogP contribution is -2.22.